The Morgan fingerprint density at radius 3 is 2.44 bits per heavy atom. The van der Waals surface area contributed by atoms with Gasteiger partial charge in [-0.15, -0.1) is 0 Å². The van der Waals surface area contributed by atoms with Crippen molar-refractivity contribution in [1.82, 2.24) is 0 Å². The van der Waals surface area contributed by atoms with Gasteiger partial charge in [-0.3, -0.25) is 0 Å². The van der Waals surface area contributed by atoms with Gasteiger partial charge in [0, 0.05) is 0 Å². The number of nitrogens with zero attached hydrogens (tertiary/aromatic N) is 2. The largest absolute Gasteiger partial charge is 0.417 e. The molecular weight excluding hydrogens is 261 g/mol. The van der Waals surface area contributed by atoms with Crippen LogP contribution < -0.4 is 0 Å². The molecule has 0 atom stereocenters. The number of benzene rings is 1. The zero-order chi connectivity index (χ0) is 13.3. The fraction of sp³-hybridized carbons (Fsp3) is 0.333. The Morgan fingerprint density at radius 2 is 2.00 bits per heavy atom. The summed E-state index contributed by atoms with van der Waals surface area (Å²) < 4.78 is 38.3. The Hall–Kier alpha value is -1.70. The van der Waals surface area contributed by atoms with E-state index in [-0.39, 0.29) is 17.2 Å². The number of hydrogen-bond acceptors (Lipinski definition) is 3. The van der Waals surface area contributed by atoms with E-state index in [2.05, 4.69) is 22.4 Å². The molecular formula is C12H7F3N2S. The van der Waals surface area contributed by atoms with Crippen molar-refractivity contribution in [2.45, 2.75) is 24.9 Å². The highest BCUT2D eigenvalue weighted by Crippen LogP contribution is 2.46. The first kappa shape index (κ1) is 12.7. The number of halogens is 3. The third-order valence-electron chi connectivity index (χ3n) is 2.78. The number of alkyl halides is 3. The summed E-state index contributed by atoms with van der Waals surface area (Å²) in [5.74, 6) is 0.182. The Kier molecular flexibility index (Phi) is 3.20. The standard InChI is InChI=1S/C12H7F3N2S/c13-12(14,15)10-4-11(17-6-18)9(7-1-2-7)3-8(10)5-16/h3-4,7H,1-2H2. The highest BCUT2D eigenvalue weighted by atomic mass is 32.1. The molecule has 0 N–H and O–H groups in total. The molecule has 6 heteroatoms. The molecule has 18 heavy (non-hydrogen) atoms. The first-order chi connectivity index (χ1) is 8.47. The van der Waals surface area contributed by atoms with Gasteiger partial charge in [0.2, 0.25) is 0 Å². The van der Waals surface area contributed by atoms with Crippen LogP contribution in [0.1, 0.15) is 35.4 Å². The molecule has 2 nitrogen and oxygen atoms in total. The molecule has 0 radical (unpaired) electrons. The zero-order valence-corrected chi connectivity index (χ0v) is 9.90. The predicted octanol–water partition coefficient (Wildman–Crippen LogP) is 4.19. The summed E-state index contributed by atoms with van der Waals surface area (Å²) in [5, 5.41) is 10.9. The molecule has 0 heterocycles. The molecule has 0 unspecified atom stereocenters. The van der Waals surface area contributed by atoms with E-state index in [9.17, 15) is 13.2 Å². The van der Waals surface area contributed by atoms with Gasteiger partial charge < -0.3 is 0 Å². The summed E-state index contributed by atoms with van der Waals surface area (Å²) in [6, 6.07) is 3.74. The molecule has 1 saturated carbocycles. The molecule has 0 aliphatic heterocycles. The number of hydrogen-bond donors (Lipinski definition) is 0. The van der Waals surface area contributed by atoms with E-state index in [4.69, 9.17) is 5.26 Å². The van der Waals surface area contributed by atoms with Crippen LogP contribution in [-0.2, 0) is 6.18 Å². The Morgan fingerprint density at radius 1 is 1.33 bits per heavy atom. The summed E-state index contributed by atoms with van der Waals surface area (Å²) >= 11 is 4.44. The molecule has 2 rings (SSSR count). The van der Waals surface area contributed by atoms with Gasteiger partial charge in [0.25, 0.3) is 0 Å². The molecule has 0 aromatic heterocycles. The smallest absolute Gasteiger partial charge is 0.194 e. The summed E-state index contributed by atoms with van der Waals surface area (Å²) in [7, 11) is 0. The van der Waals surface area contributed by atoms with Crippen molar-refractivity contribution in [3.8, 4) is 6.07 Å². The van der Waals surface area contributed by atoms with Crippen LogP contribution in [-0.4, -0.2) is 5.16 Å². The first-order valence-corrected chi connectivity index (χ1v) is 5.61. The number of aliphatic imine (C=N–C) groups is 1. The minimum atomic E-state index is -4.57. The lowest BCUT2D eigenvalue weighted by Gasteiger charge is -2.12. The maximum atomic E-state index is 12.8. The lowest BCUT2D eigenvalue weighted by atomic mass is 9.99. The van der Waals surface area contributed by atoms with Crippen LogP contribution >= 0.6 is 12.2 Å². The highest BCUT2D eigenvalue weighted by Gasteiger charge is 2.36. The van der Waals surface area contributed by atoms with Crippen LogP contribution in [0.4, 0.5) is 18.9 Å². The van der Waals surface area contributed by atoms with Gasteiger partial charge >= 0.3 is 6.18 Å². The Bertz CT molecular complexity index is 576. The Balaban J connectivity index is 2.65. The minimum absolute atomic E-state index is 0.166. The maximum Gasteiger partial charge on any atom is 0.417 e. The van der Waals surface area contributed by atoms with E-state index < -0.39 is 11.7 Å². The van der Waals surface area contributed by atoms with Gasteiger partial charge in [-0.2, -0.15) is 23.4 Å². The first-order valence-electron chi connectivity index (χ1n) is 5.20. The number of isothiocyanates is 1. The van der Waals surface area contributed by atoms with Crippen molar-refractivity contribution in [3.63, 3.8) is 0 Å². The minimum Gasteiger partial charge on any atom is -0.194 e. The second kappa shape index (κ2) is 4.52. The molecule has 1 aliphatic rings. The molecule has 1 aromatic carbocycles. The van der Waals surface area contributed by atoms with Gasteiger partial charge in [0.15, 0.2) is 0 Å². The number of rotatable bonds is 2. The maximum absolute atomic E-state index is 12.8. The van der Waals surface area contributed by atoms with Crippen LogP contribution in [0, 0.1) is 11.3 Å². The molecule has 1 aliphatic carbocycles. The normalized spacial score (nSPS) is 14.8. The highest BCUT2D eigenvalue weighted by molar-refractivity contribution is 7.78. The van der Waals surface area contributed by atoms with Crippen LogP contribution in [0.25, 0.3) is 0 Å². The molecule has 0 bridgehead atoms. The van der Waals surface area contributed by atoms with E-state index in [0.29, 0.717) is 5.56 Å². The van der Waals surface area contributed by atoms with Gasteiger partial charge in [0.1, 0.15) is 0 Å². The van der Waals surface area contributed by atoms with Gasteiger partial charge in [-0.25, -0.2) is 0 Å². The second-order valence-corrected chi connectivity index (χ2v) is 4.23. The third-order valence-corrected chi connectivity index (χ3v) is 2.87. The van der Waals surface area contributed by atoms with Crippen LogP contribution in [0.5, 0.6) is 0 Å². The van der Waals surface area contributed by atoms with E-state index in [1.165, 1.54) is 6.07 Å². The van der Waals surface area contributed by atoms with Gasteiger partial charge in [-0.1, -0.05) is 0 Å². The quantitative estimate of drug-likeness (QED) is 0.595. The van der Waals surface area contributed by atoms with Gasteiger partial charge in [-0.05, 0) is 48.7 Å². The van der Waals surface area contributed by atoms with E-state index >= 15 is 0 Å². The van der Waals surface area contributed by atoms with Crippen molar-refractivity contribution in [1.29, 1.82) is 5.26 Å². The van der Waals surface area contributed by atoms with Crippen LogP contribution in [0.15, 0.2) is 17.1 Å². The van der Waals surface area contributed by atoms with Crippen molar-refractivity contribution in [2.24, 2.45) is 4.99 Å². The Labute approximate surface area is 107 Å². The molecule has 1 aromatic rings. The lowest BCUT2D eigenvalue weighted by Crippen LogP contribution is -2.08. The van der Waals surface area contributed by atoms with Gasteiger partial charge in [0.05, 0.1) is 28.0 Å². The summed E-state index contributed by atoms with van der Waals surface area (Å²) in [6.45, 7) is 0. The monoisotopic (exact) mass is 268 g/mol. The summed E-state index contributed by atoms with van der Waals surface area (Å²) in [6.07, 6.45) is -2.77. The van der Waals surface area contributed by atoms with Crippen molar-refractivity contribution in [2.75, 3.05) is 0 Å². The summed E-state index contributed by atoms with van der Waals surface area (Å²) in [4.78, 5) is 3.67. The average molecular weight is 268 g/mol. The third kappa shape index (κ3) is 2.42. The average Bonchev–Trinajstić information content (AvgIpc) is 3.11. The predicted molar refractivity (Wildman–Crippen MR) is 62.8 cm³/mol. The summed E-state index contributed by atoms with van der Waals surface area (Å²) in [5.41, 5.74) is -0.526. The molecule has 92 valence electrons. The second-order valence-electron chi connectivity index (χ2n) is 4.04. The van der Waals surface area contributed by atoms with Crippen molar-refractivity contribution in [3.05, 3.63) is 28.8 Å². The molecule has 0 amide bonds. The van der Waals surface area contributed by atoms with Crippen molar-refractivity contribution < 1.29 is 13.2 Å². The van der Waals surface area contributed by atoms with E-state index in [0.717, 1.165) is 18.9 Å². The fourth-order valence-corrected chi connectivity index (χ4v) is 1.90. The van der Waals surface area contributed by atoms with Crippen LogP contribution in [0.3, 0.4) is 0 Å². The van der Waals surface area contributed by atoms with E-state index in [1.807, 2.05) is 0 Å². The fourth-order valence-electron chi connectivity index (χ4n) is 1.80. The topological polar surface area (TPSA) is 36.1 Å². The number of thiocarbonyl (C=S) groups is 1. The molecule has 0 spiro atoms. The van der Waals surface area contributed by atoms with Crippen molar-refractivity contribution >= 4 is 23.1 Å². The SMILES string of the molecule is N#Cc1cc(C2CC2)c(N=C=S)cc1C(F)(F)F. The molecule has 1 fully saturated rings. The number of nitriles is 1. The lowest BCUT2D eigenvalue weighted by molar-refractivity contribution is -0.137. The zero-order valence-electron chi connectivity index (χ0n) is 9.08. The molecule has 0 saturated heterocycles. The van der Waals surface area contributed by atoms with Crippen LogP contribution in [0.2, 0.25) is 0 Å². The van der Waals surface area contributed by atoms with E-state index in [1.54, 1.807) is 6.07 Å².